The van der Waals surface area contributed by atoms with Crippen LogP contribution in [-0.4, -0.2) is 31.0 Å². The van der Waals surface area contributed by atoms with E-state index in [1.807, 2.05) is 76.6 Å². The first-order chi connectivity index (χ1) is 20.2. The number of benzene rings is 4. The summed E-state index contributed by atoms with van der Waals surface area (Å²) in [5, 5.41) is 18.1. The van der Waals surface area contributed by atoms with Gasteiger partial charge in [-0.2, -0.15) is 10.2 Å². The molecule has 0 radical (unpaired) electrons. The van der Waals surface area contributed by atoms with Crippen LogP contribution >= 0.6 is 23.2 Å². The van der Waals surface area contributed by atoms with Crippen LogP contribution in [0.3, 0.4) is 0 Å². The Kier molecular flexibility index (Phi) is 7.51. The van der Waals surface area contributed by atoms with E-state index < -0.39 is 10.0 Å². The first-order valence-corrected chi connectivity index (χ1v) is 15.3. The minimum Gasteiger partial charge on any atom is -0.497 e. The smallest absolute Gasteiger partial charge is 0.238 e. The van der Waals surface area contributed by atoms with Crippen LogP contribution in [0.2, 0.25) is 10.0 Å². The number of anilines is 1. The van der Waals surface area contributed by atoms with Gasteiger partial charge in [-0.15, -0.1) is 0 Å². The zero-order chi connectivity index (χ0) is 29.4. The molecule has 0 bridgehead atoms. The highest BCUT2D eigenvalue weighted by Crippen LogP contribution is 2.41. The van der Waals surface area contributed by atoms with Gasteiger partial charge in [-0.25, -0.2) is 18.2 Å². The molecule has 1 aromatic heterocycles. The normalized spacial score (nSPS) is 15.1. The monoisotopic (exact) mass is 617 g/mol. The molecule has 6 rings (SSSR count). The Balaban J connectivity index is 1.50. The van der Waals surface area contributed by atoms with Gasteiger partial charge in [-0.05, 0) is 78.4 Å². The first-order valence-electron chi connectivity index (χ1n) is 13.0. The molecule has 0 fully saturated rings. The molecule has 42 heavy (non-hydrogen) atoms. The van der Waals surface area contributed by atoms with Crippen LogP contribution in [0.25, 0.3) is 16.9 Å². The quantitative estimate of drug-likeness (QED) is 0.215. The molecule has 8 nitrogen and oxygen atoms in total. The van der Waals surface area contributed by atoms with Crippen LogP contribution in [0.15, 0.2) is 113 Å². The van der Waals surface area contributed by atoms with Gasteiger partial charge in [-0.3, -0.25) is 5.01 Å². The Morgan fingerprint density at radius 1 is 0.857 bits per heavy atom. The minimum absolute atomic E-state index is 0.0199. The second-order valence-corrected chi connectivity index (χ2v) is 12.1. The fourth-order valence-electron chi connectivity index (χ4n) is 4.95. The fourth-order valence-corrected chi connectivity index (χ4v) is 5.76. The highest BCUT2D eigenvalue weighted by molar-refractivity contribution is 7.89. The summed E-state index contributed by atoms with van der Waals surface area (Å²) < 4.78 is 31.1. The summed E-state index contributed by atoms with van der Waals surface area (Å²) in [4.78, 5) is 0.0199. The molecule has 2 heterocycles. The third-order valence-corrected chi connectivity index (χ3v) is 8.75. The van der Waals surface area contributed by atoms with Crippen LogP contribution in [0.5, 0.6) is 5.75 Å². The SMILES string of the molecule is COc1ccc(-c2nn(-c3ccccc3)cc2C2CC(c3ccc(Cl)c(Cl)c3)=NN2c2ccc(S(N)(=O)=O)cc2)cc1. The number of ether oxygens (including phenoxy) is 1. The molecule has 0 aliphatic carbocycles. The zero-order valence-electron chi connectivity index (χ0n) is 22.4. The van der Waals surface area contributed by atoms with Gasteiger partial charge in [0.05, 0.1) is 50.9 Å². The molecular formula is C31H25Cl2N5O3S. The number of rotatable bonds is 7. The lowest BCUT2D eigenvalue weighted by atomic mass is 9.96. The molecule has 1 aliphatic heterocycles. The average Bonchev–Trinajstić information content (AvgIpc) is 3.64. The van der Waals surface area contributed by atoms with Crippen molar-refractivity contribution in [2.45, 2.75) is 17.4 Å². The Hall–Kier alpha value is -4.15. The maximum atomic E-state index is 11.9. The molecule has 0 spiro atoms. The van der Waals surface area contributed by atoms with E-state index in [9.17, 15) is 8.42 Å². The van der Waals surface area contributed by atoms with Crippen LogP contribution in [0, 0.1) is 0 Å². The average molecular weight is 619 g/mol. The van der Waals surface area contributed by atoms with Crippen LogP contribution in [0.4, 0.5) is 5.69 Å². The van der Waals surface area contributed by atoms with Crippen molar-refractivity contribution in [2.75, 3.05) is 12.1 Å². The summed E-state index contributed by atoms with van der Waals surface area (Å²) in [6.45, 7) is 0. The van der Waals surface area contributed by atoms with E-state index in [1.54, 1.807) is 31.4 Å². The minimum atomic E-state index is -3.85. The molecule has 1 unspecified atom stereocenters. The molecule has 4 aromatic carbocycles. The van der Waals surface area contributed by atoms with Crippen molar-refractivity contribution in [3.8, 4) is 22.7 Å². The van der Waals surface area contributed by atoms with Crippen LogP contribution in [0.1, 0.15) is 23.6 Å². The van der Waals surface area contributed by atoms with Crippen molar-refractivity contribution in [1.82, 2.24) is 9.78 Å². The van der Waals surface area contributed by atoms with Crippen LogP contribution in [-0.2, 0) is 10.0 Å². The molecule has 0 amide bonds. The lowest BCUT2D eigenvalue weighted by Gasteiger charge is -2.24. The van der Waals surface area contributed by atoms with Crippen molar-refractivity contribution in [3.63, 3.8) is 0 Å². The number of hydrazone groups is 1. The largest absolute Gasteiger partial charge is 0.497 e. The van der Waals surface area contributed by atoms with E-state index in [-0.39, 0.29) is 10.9 Å². The second kappa shape index (κ2) is 11.3. The van der Waals surface area contributed by atoms with Crippen molar-refractivity contribution in [2.24, 2.45) is 10.2 Å². The number of hydrogen-bond acceptors (Lipinski definition) is 6. The number of nitrogens with zero attached hydrogens (tertiary/aromatic N) is 4. The standard InChI is InChI=1S/C31H25Cl2N5O3S/c1-41-24-12-7-20(8-13-24)31-26(19-37(36-31)22-5-3-2-4-6-22)30-18-29(21-9-16-27(32)28(33)17-21)35-38(30)23-10-14-25(15-11-23)42(34,39)40/h2-17,19,30H,18H2,1H3,(H2,34,39,40). The summed E-state index contributed by atoms with van der Waals surface area (Å²) in [5.74, 6) is 0.741. The van der Waals surface area contributed by atoms with Gasteiger partial charge in [0.25, 0.3) is 0 Å². The number of methoxy groups -OCH3 is 1. The third-order valence-electron chi connectivity index (χ3n) is 7.08. The number of aromatic nitrogens is 2. The maximum Gasteiger partial charge on any atom is 0.238 e. The van der Waals surface area contributed by atoms with E-state index >= 15 is 0 Å². The number of nitrogens with two attached hydrogens (primary N) is 1. The Bertz CT molecular complexity index is 1890. The molecule has 1 atom stereocenters. The highest BCUT2D eigenvalue weighted by atomic mass is 35.5. The summed E-state index contributed by atoms with van der Waals surface area (Å²) in [7, 11) is -2.22. The van der Waals surface area contributed by atoms with E-state index in [2.05, 4.69) is 0 Å². The first kappa shape index (κ1) is 28.0. The van der Waals surface area contributed by atoms with Crippen molar-refractivity contribution < 1.29 is 13.2 Å². The predicted octanol–water partition coefficient (Wildman–Crippen LogP) is 6.86. The highest BCUT2D eigenvalue weighted by Gasteiger charge is 2.34. The summed E-state index contributed by atoms with van der Waals surface area (Å²) in [6.07, 6.45) is 2.54. The lowest BCUT2D eigenvalue weighted by Crippen LogP contribution is -2.19. The topological polar surface area (TPSA) is 103 Å². The molecule has 5 aromatic rings. The van der Waals surface area contributed by atoms with Gasteiger partial charge >= 0.3 is 0 Å². The van der Waals surface area contributed by atoms with Crippen LogP contribution < -0.4 is 14.9 Å². The van der Waals surface area contributed by atoms with Gasteiger partial charge in [0.15, 0.2) is 0 Å². The molecular weight excluding hydrogens is 593 g/mol. The van der Waals surface area contributed by atoms with E-state index in [0.29, 0.717) is 22.2 Å². The molecule has 212 valence electrons. The summed E-state index contributed by atoms with van der Waals surface area (Å²) in [5.41, 5.74) is 5.85. The van der Waals surface area contributed by atoms with Gasteiger partial charge in [0.1, 0.15) is 5.75 Å². The van der Waals surface area contributed by atoms with E-state index in [4.69, 9.17) is 43.3 Å². The summed E-state index contributed by atoms with van der Waals surface area (Å²) in [6, 6.07) is 29.1. The number of hydrogen-bond donors (Lipinski definition) is 1. The van der Waals surface area contributed by atoms with Crippen molar-refractivity contribution in [1.29, 1.82) is 0 Å². The molecule has 2 N–H and O–H groups in total. The van der Waals surface area contributed by atoms with Crippen molar-refractivity contribution >= 4 is 44.6 Å². The maximum absolute atomic E-state index is 11.9. The lowest BCUT2D eigenvalue weighted by molar-refractivity contribution is 0.415. The van der Waals surface area contributed by atoms with E-state index in [1.165, 1.54) is 12.1 Å². The molecule has 11 heteroatoms. The van der Waals surface area contributed by atoms with Gasteiger partial charge < -0.3 is 4.74 Å². The second-order valence-electron chi connectivity index (χ2n) is 9.72. The van der Waals surface area contributed by atoms with Gasteiger partial charge in [0, 0.05) is 23.7 Å². The number of primary sulfonamides is 1. The molecule has 0 saturated heterocycles. The Morgan fingerprint density at radius 3 is 2.19 bits per heavy atom. The van der Waals surface area contributed by atoms with E-state index in [0.717, 1.165) is 39.5 Å². The van der Waals surface area contributed by atoms with Gasteiger partial charge in [-0.1, -0.05) is 47.5 Å². The fraction of sp³-hybridized carbons (Fsp3) is 0.0968. The Labute approximate surface area is 253 Å². The molecule has 1 aliphatic rings. The number of halogens is 2. The number of para-hydroxylation sites is 1. The zero-order valence-corrected chi connectivity index (χ0v) is 24.7. The van der Waals surface area contributed by atoms with Gasteiger partial charge in [0.2, 0.25) is 10.0 Å². The third kappa shape index (κ3) is 5.52. The number of sulfonamides is 1. The predicted molar refractivity (Wildman–Crippen MR) is 166 cm³/mol. The van der Waals surface area contributed by atoms with Crippen molar-refractivity contribution in [3.05, 3.63) is 124 Å². The molecule has 0 saturated carbocycles. The summed E-state index contributed by atoms with van der Waals surface area (Å²) >= 11 is 12.6. The Morgan fingerprint density at radius 2 is 1.55 bits per heavy atom.